The maximum atomic E-state index is 11.7. The summed E-state index contributed by atoms with van der Waals surface area (Å²) in [6.45, 7) is 1.07. The maximum Gasteiger partial charge on any atom is 0.309 e. The lowest BCUT2D eigenvalue weighted by Gasteiger charge is -2.39. The predicted molar refractivity (Wildman–Crippen MR) is 76.9 cm³/mol. The van der Waals surface area contributed by atoms with Crippen molar-refractivity contribution in [2.45, 2.75) is 51.4 Å². The van der Waals surface area contributed by atoms with Crippen molar-refractivity contribution in [2.24, 2.45) is 11.3 Å². The molecular weight excluding hydrogens is 278 g/mol. The van der Waals surface area contributed by atoms with Crippen molar-refractivity contribution in [3.8, 4) is 0 Å². The molecule has 0 radical (unpaired) electrons. The van der Waals surface area contributed by atoms with E-state index in [-0.39, 0.29) is 5.92 Å². The summed E-state index contributed by atoms with van der Waals surface area (Å²) in [5.74, 6) is -0.499. The van der Waals surface area contributed by atoms with Crippen molar-refractivity contribution in [2.75, 3.05) is 19.3 Å². The summed E-state index contributed by atoms with van der Waals surface area (Å²) < 4.78 is 24.8. The standard InChI is InChI=1S/C14H25NO4S/c1-20(18,19)15-9-5-6-12(11-15)10-14(13(16)17)7-3-2-4-8-14/h12H,2-11H2,1H3,(H,16,17). The number of aliphatic carboxylic acids is 1. The fraction of sp³-hybridized carbons (Fsp3) is 0.929. The molecule has 1 aliphatic carbocycles. The third-order valence-electron chi connectivity index (χ3n) is 4.89. The van der Waals surface area contributed by atoms with Crippen LogP contribution in [0.25, 0.3) is 0 Å². The molecule has 0 amide bonds. The number of sulfonamides is 1. The highest BCUT2D eigenvalue weighted by atomic mass is 32.2. The SMILES string of the molecule is CS(=O)(=O)N1CCCC(CC2(C(=O)O)CCCCC2)C1. The molecule has 116 valence electrons. The zero-order chi connectivity index (χ0) is 14.8. The van der Waals surface area contributed by atoms with Gasteiger partial charge in [0.05, 0.1) is 11.7 Å². The molecule has 5 nitrogen and oxygen atoms in total. The first-order valence-electron chi connectivity index (χ1n) is 7.52. The zero-order valence-electron chi connectivity index (χ0n) is 12.2. The number of rotatable bonds is 4. The van der Waals surface area contributed by atoms with Crippen LogP contribution in [-0.2, 0) is 14.8 Å². The molecule has 1 saturated carbocycles. The summed E-state index contributed by atoms with van der Waals surface area (Å²) >= 11 is 0. The molecule has 2 rings (SSSR count). The number of carboxylic acid groups (broad SMARTS) is 1. The molecule has 0 aromatic carbocycles. The van der Waals surface area contributed by atoms with E-state index in [1.54, 1.807) is 0 Å². The van der Waals surface area contributed by atoms with Crippen LogP contribution in [0.3, 0.4) is 0 Å². The van der Waals surface area contributed by atoms with E-state index in [1.165, 1.54) is 10.6 Å². The Labute approximate surface area is 121 Å². The summed E-state index contributed by atoms with van der Waals surface area (Å²) in [5, 5.41) is 9.61. The molecule has 0 bridgehead atoms. The number of hydrogen-bond acceptors (Lipinski definition) is 3. The Kier molecular flexibility index (Phi) is 4.74. The van der Waals surface area contributed by atoms with Gasteiger partial charge in [-0.2, -0.15) is 0 Å². The highest BCUT2D eigenvalue weighted by Crippen LogP contribution is 2.43. The first-order valence-corrected chi connectivity index (χ1v) is 9.37. The fourth-order valence-corrected chi connectivity index (χ4v) is 4.72. The lowest BCUT2D eigenvalue weighted by atomic mass is 9.68. The summed E-state index contributed by atoms with van der Waals surface area (Å²) in [6, 6.07) is 0. The average Bonchev–Trinajstić information content (AvgIpc) is 2.39. The Morgan fingerprint density at radius 3 is 2.45 bits per heavy atom. The van der Waals surface area contributed by atoms with Crippen LogP contribution in [0, 0.1) is 11.3 Å². The quantitative estimate of drug-likeness (QED) is 0.863. The highest BCUT2D eigenvalue weighted by molar-refractivity contribution is 7.88. The molecule has 1 N–H and O–H groups in total. The number of piperidine rings is 1. The molecule has 0 aromatic rings. The molecule has 1 saturated heterocycles. The second kappa shape index (κ2) is 6.02. The van der Waals surface area contributed by atoms with E-state index in [2.05, 4.69) is 0 Å². The van der Waals surface area contributed by atoms with Crippen LogP contribution in [-0.4, -0.2) is 43.1 Å². The van der Waals surface area contributed by atoms with E-state index >= 15 is 0 Å². The van der Waals surface area contributed by atoms with Gasteiger partial charge < -0.3 is 5.11 Å². The molecule has 0 spiro atoms. The van der Waals surface area contributed by atoms with Gasteiger partial charge in [-0.25, -0.2) is 12.7 Å². The Morgan fingerprint density at radius 2 is 1.90 bits per heavy atom. The van der Waals surface area contributed by atoms with E-state index in [9.17, 15) is 18.3 Å². The highest BCUT2D eigenvalue weighted by Gasteiger charge is 2.42. The van der Waals surface area contributed by atoms with Gasteiger partial charge in [0.2, 0.25) is 10.0 Å². The van der Waals surface area contributed by atoms with Crippen LogP contribution in [0.1, 0.15) is 51.4 Å². The molecule has 1 heterocycles. The average molecular weight is 303 g/mol. The van der Waals surface area contributed by atoms with Gasteiger partial charge in [-0.05, 0) is 38.0 Å². The number of carboxylic acids is 1. The molecule has 1 aliphatic heterocycles. The minimum Gasteiger partial charge on any atom is -0.481 e. The summed E-state index contributed by atoms with van der Waals surface area (Å²) in [6.07, 6.45) is 8.24. The third-order valence-corrected chi connectivity index (χ3v) is 6.16. The Balaban J connectivity index is 2.05. The van der Waals surface area contributed by atoms with Gasteiger partial charge in [0, 0.05) is 13.1 Å². The predicted octanol–water partition coefficient (Wildman–Crippen LogP) is 2.08. The Morgan fingerprint density at radius 1 is 1.25 bits per heavy atom. The lowest BCUT2D eigenvalue weighted by Crippen LogP contribution is -2.43. The van der Waals surface area contributed by atoms with Crippen LogP contribution in [0.4, 0.5) is 0 Å². The second-order valence-corrected chi connectivity index (χ2v) is 8.46. The molecule has 6 heteroatoms. The van der Waals surface area contributed by atoms with Crippen molar-refractivity contribution in [3.05, 3.63) is 0 Å². The Hall–Kier alpha value is -0.620. The minimum atomic E-state index is -3.15. The number of carbonyl (C=O) groups is 1. The normalized spacial score (nSPS) is 28.1. The first-order chi connectivity index (χ1) is 9.33. The second-order valence-electron chi connectivity index (χ2n) is 6.48. The minimum absolute atomic E-state index is 0.188. The molecule has 20 heavy (non-hydrogen) atoms. The van der Waals surface area contributed by atoms with Crippen LogP contribution in [0.2, 0.25) is 0 Å². The summed E-state index contributed by atoms with van der Waals surface area (Å²) in [4.78, 5) is 11.7. The van der Waals surface area contributed by atoms with E-state index in [1.807, 2.05) is 0 Å². The topological polar surface area (TPSA) is 74.7 Å². The largest absolute Gasteiger partial charge is 0.481 e. The van der Waals surface area contributed by atoms with E-state index < -0.39 is 21.4 Å². The monoisotopic (exact) mass is 303 g/mol. The molecule has 0 aromatic heterocycles. The van der Waals surface area contributed by atoms with Crippen molar-refractivity contribution in [1.29, 1.82) is 0 Å². The van der Waals surface area contributed by atoms with Gasteiger partial charge in [-0.1, -0.05) is 19.3 Å². The molecule has 1 atom stereocenters. The molecule has 2 fully saturated rings. The lowest BCUT2D eigenvalue weighted by molar-refractivity contribution is -0.152. The van der Waals surface area contributed by atoms with Crippen molar-refractivity contribution in [3.63, 3.8) is 0 Å². The molecular formula is C14H25NO4S. The number of hydrogen-bond donors (Lipinski definition) is 1. The van der Waals surface area contributed by atoms with Gasteiger partial charge in [-0.3, -0.25) is 4.79 Å². The third kappa shape index (κ3) is 3.52. The summed E-state index contributed by atoms with van der Waals surface area (Å²) in [7, 11) is -3.15. The van der Waals surface area contributed by atoms with E-state index in [0.717, 1.165) is 44.9 Å². The smallest absolute Gasteiger partial charge is 0.309 e. The van der Waals surface area contributed by atoms with Crippen molar-refractivity contribution >= 4 is 16.0 Å². The first kappa shape index (κ1) is 15.8. The van der Waals surface area contributed by atoms with Gasteiger partial charge in [0.15, 0.2) is 0 Å². The zero-order valence-corrected chi connectivity index (χ0v) is 13.0. The van der Waals surface area contributed by atoms with Gasteiger partial charge >= 0.3 is 5.97 Å². The number of nitrogens with zero attached hydrogens (tertiary/aromatic N) is 1. The van der Waals surface area contributed by atoms with Crippen LogP contribution in [0.5, 0.6) is 0 Å². The van der Waals surface area contributed by atoms with E-state index in [0.29, 0.717) is 19.5 Å². The Bertz CT molecular complexity index is 454. The maximum absolute atomic E-state index is 11.7. The molecule has 2 aliphatic rings. The van der Waals surface area contributed by atoms with Crippen LogP contribution < -0.4 is 0 Å². The van der Waals surface area contributed by atoms with Crippen LogP contribution in [0.15, 0.2) is 0 Å². The van der Waals surface area contributed by atoms with Gasteiger partial charge in [0.1, 0.15) is 0 Å². The van der Waals surface area contributed by atoms with E-state index in [4.69, 9.17) is 0 Å². The van der Waals surface area contributed by atoms with Crippen molar-refractivity contribution < 1.29 is 18.3 Å². The molecule has 1 unspecified atom stereocenters. The van der Waals surface area contributed by atoms with Crippen molar-refractivity contribution in [1.82, 2.24) is 4.31 Å². The van der Waals surface area contributed by atoms with Crippen LogP contribution >= 0.6 is 0 Å². The van der Waals surface area contributed by atoms with Gasteiger partial charge in [-0.15, -0.1) is 0 Å². The fourth-order valence-electron chi connectivity index (χ4n) is 3.78. The van der Waals surface area contributed by atoms with Gasteiger partial charge in [0.25, 0.3) is 0 Å². The summed E-state index contributed by atoms with van der Waals surface area (Å²) in [5.41, 5.74) is -0.608.